The van der Waals surface area contributed by atoms with Crippen molar-refractivity contribution in [2.75, 3.05) is 33.2 Å². The zero-order chi connectivity index (χ0) is 18.8. The molecule has 0 aliphatic carbocycles. The number of carbonyl (C=O) groups excluding carboxylic acids is 1. The van der Waals surface area contributed by atoms with Crippen molar-refractivity contribution in [2.45, 2.75) is 38.1 Å². The van der Waals surface area contributed by atoms with Crippen molar-refractivity contribution >= 4 is 5.91 Å². The summed E-state index contributed by atoms with van der Waals surface area (Å²) in [5.41, 5.74) is 0.456. The molecule has 2 aliphatic heterocycles. The van der Waals surface area contributed by atoms with E-state index in [-0.39, 0.29) is 18.1 Å². The van der Waals surface area contributed by atoms with Crippen molar-refractivity contribution in [3.05, 3.63) is 47.3 Å². The minimum Gasteiger partial charge on any atom is -0.340 e. The maximum atomic E-state index is 13.9. The van der Waals surface area contributed by atoms with Crippen LogP contribution in [0.15, 0.2) is 24.3 Å². The lowest BCUT2D eigenvalue weighted by molar-refractivity contribution is -0.130. The van der Waals surface area contributed by atoms with E-state index in [1.165, 1.54) is 12.5 Å². The molecule has 0 N–H and O–H groups in total. The molecule has 6 nitrogen and oxygen atoms in total. The Morgan fingerprint density at radius 3 is 2.85 bits per heavy atom. The predicted octanol–water partition coefficient (Wildman–Crippen LogP) is 1.85. The Labute approximate surface area is 159 Å². The van der Waals surface area contributed by atoms with Gasteiger partial charge in [-0.2, -0.15) is 0 Å². The number of halogens is 1. The molecule has 27 heavy (non-hydrogen) atoms. The number of carbonyl (C=O) groups is 1. The van der Waals surface area contributed by atoms with Gasteiger partial charge in [-0.3, -0.25) is 4.79 Å². The zero-order valence-electron chi connectivity index (χ0n) is 15.8. The van der Waals surface area contributed by atoms with Gasteiger partial charge >= 0.3 is 0 Å². The number of hydrogen-bond acceptors (Lipinski definition) is 4. The first-order chi connectivity index (χ1) is 13.1. The van der Waals surface area contributed by atoms with Crippen LogP contribution in [0.25, 0.3) is 0 Å². The first kappa shape index (κ1) is 18.1. The smallest absolute Gasteiger partial charge is 0.227 e. The Hall–Kier alpha value is -2.28. The normalized spacial score (nSPS) is 21.0. The van der Waals surface area contributed by atoms with Crippen LogP contribution < -0.4 is 0 Å². The predicted molar refractivity (Wildman–Crippen MR) is 99.9 cm³/mol. The van der Waals surface area contributed by atoms with Crippen molar-refractivity contribution < 1.29 is 9.18 Å². The minimum atomic E-state index is -0.318. The van der Waals surface area contributed by atoms with Crippen LogP contribution >= 0.6 is 0 Å². The van der Waals surface area contributed by atoms with Crippen LogP contribution in [-0.4, -0.2) is 63.7 Å². The van der Waals surface area contributed by atoms with Gasteiger partial charge in [-0.25, -0.2) is 4.39 Å². The summed E-state index contributed by atoms with van der Waals surface area (Å²) in [5, 5.41) is 8.89. The van der Waals surface area contributed by atoms with E-state index in [1.54, 1.807) is 18.2 Å². The van der Waals surface area contributed by atoms with Gasteiger partial charge in [0.2, 0.25) is 5.91 Å². The average Bonchev–Trinajstić information content (AvgIpc) is 2.95. The van der Waals surface area contributed by atoms with Gasteiger partial charge < -0.3 is 14.4 Å². The van der Waals surface area contributed by atoms with E-state index < -0.39 is 0 Å². The van der Waals surface area contributed by atoms with Crippen LogP contribution in [0.4, 0.5) is 4.39 Å². The molecule has 0 radical (unpaired) electrons. The number of hydrogen-bond donors (Lipinski definition) is 0. The topological polar surface area (TPSA) is 54.3 Å². The van der Waals surface area contributed by atoms with Gasteiger partial charge in [0.25, 0.3) is 0 Å². The summed E-state index contributed by atoms with van der Waals surface area (Å²) in [7, 11) is 2.15. The van der Waals surface area contributed by atoms with Crippen LogP contribution in [0.1, 0.15) is 36.0 Å². The Kier molecular flexibility index (Phi) is 5.20. The molecule has 4 rings (SSSR count). The van der Waals surface area contributed by atoms with Gasteiger partial charge in [0.15, 0.2) is 0 Å². The van der Waals surface area contributed by atoms with E-state index in [0.29, 0.717) is 37.5 Å². The molecule has 7 heteroatoms. The third kappa shape index (κ3) is 3.88. The zero-order valence-corrected chi connectivity index (χ0v) is 15.8. The van der Waals surface area contributed by atoms with E-state index in [2.05, 4.69) is 26.7 Å². The molecule has 144 valence electrons. The minimum absolute atomic E-state index is 0.0299. The highest BCUT2D eigenvalue weighted by molar-refractivity contribution is 5.78. The lowest BCUT2D eigenvalue weighted by Crippen LogP contribution is -2.35. The largest absolute Gasteiger partial charge is 0.340 e. The molecular weight excluding hydrogens is 345 g/mol. The van der Waals surface area contributed by atoms with Crippen LogP contribution in [0.3, 0.4) is 0 Å². The quantitative estimate of drug-likeness (QED) is 0.826. The summed E-state index contributed by atoms with van der Waals surface area (Å²) < 4.78 is 16.1. The molecule has 1 amide bonds. The molecule has 0 saturated carbocycles. The lowest BCUT2D eigenvalue weighted by atomic mass is 9.97. The average molecular weight is 371 g/mol. The summed E-state index contributed by atoms with van der Waals surface area (Å²) >= 11 is 0. The second kappa shape index (κ2) is 7.76. The summed E-state index contributed by atoms with van der Waals surface area (Å²) in [4.78, 5) is 16.9. The van der Waals surface area contributed by atoms with Gasteiger partial charge in [-0.15, -0.1) is 10.2 Å². The fraction of sp³-hybridized carbons (Fsp3) is 0.550. The van der Waals surface area contributed by atoms with Gasteiger partial charge in [0, 0.05) is 38.5 Å². The van der Waals surface area contributed by atoms with Crippen LogP contribution in [0.2, 0.25) is 0 Å². The molecule has 1 aromatic heterocycles. The number of amides is 1. The van der Waals surface area contributed by atoms with Crippen molar-refractivity contribution in [3.63, 3.8) is 0 Å². The first-order valence-electron chi connectivity index (χ1n) is 9.73. The van der Waals surface area contributed by atoms with E-state index >= 15 is 0 Å². The van der Waals surface area contributed by atoms with Crippen LogP contribution in [0.5, 0.6) is 0 Å². The summed E-state index contributed by atoms with van der Waals surface area (Å²) in [6, 6.07) is 6.49. The molecule has 1 atom stereocenters. The number of nitrogens with zero attached hydrogens (tertiary/aromatic N) is 5. The first-order valence-corrected chi connectivity index (χ1v) is 9.73. The number of piperidine rings is 1. The number of likely N-dealkylation sites (tertiary alicyclic amines) is 1. The number of fused-ring (bicyclic) bond motifs is 1. The van der Waals surface area contributed by atoms with Gasteiger partial charge in [-0.05, 0) is 38.1 Å². The van der Waals surface area contributed by atoms with Crippen LogP contribution in [-0.2, 0) is 24.2 Å². The third-order valence-corrected chi connectivity index (χ3v) is 5.70. The number of aromatic nitrogens is 3. The molecule has 0 spiro atoms. The van der Waals surface area contributed by atoms with Gasteiger partial charge in [0.05, 0.1) is 6.42 Å². The van der Waals surface area contributed by atoms with E-state index in [9.17, 15) is 9.18 Å². The standard InChI is InChI=1S/C20H26FN5O/c1-24-9-4-6-16(14-24)20-23-22-18-8-10-25(11-12-26(18)20)19(27)13-15-5-2-3-7-17(15)21/h2-3,5,7,16H,4,6,8-14H2,1H3/t16-/m1/s1. The Morgan fingerprint density at radius 2 is 2.04 bits per heavy atom. The highest BCUT2D eigenvalue weighted by Crippen LogP contribution is 2.26. The fourth-order valence-electron chi connectivity index (χ4n) is 4.19. The molecule has 2 aliphatic rings. The highest BCUT2D eigenvalue weighted by Gasteiger charge is 2.28. The number of rotatable bonds is 3. The second-order valence-electron chi connectivity index (χ2n) is 7.63. The third-order valence-electron chi connectivity index (χ3n) is 5.70. The monoisotopic (exact) mass is 371 g/mol. The van der Waals surface area contributed by atoms with Crippen molar-refractivity contribution in [1.29, 1.82) is 0 Å². The van der Waals surface area contributed by atoms with E-state index in [4.69, 9.17) is 0 Å². The van der Waals surface area contributed by atoms with Crippen LogP contribution in [0, 0.1) is 5.82 Å². The summed E-state index contributed by atoms with van der Waals surface area (Å²) in [6.07, 6.45) is 3.11. The van der Waals surface area contributed by atoms with Crippen molar-refractivity contribution in [3.8, 4) is 0 Å². The Bertz CT molecular complexity index is 820. The van der Waals surface area contributed by atoms with Gasteiger partial charge in [0.1, 0.15) is 17.5 Å². The number of likely N-dealkylation sites (N-methyl/N-ethyl adjacent to an activating group) is 1. The molecular formula is C20H26FN5O. The van der Waals surface area contributed by atoms with Gasteiger partial charge in [-0.1, -0.05) is 18.2 Å². The van der Waals surface area contributed by atoms with E-state index in [0.717, 1.165) is 31.2 Å². The molecule has 1 saturated heterocycles. The Morgan fingerprint density at radius 1 is 1.19 bits per heavy atom. The molecule has 0 unspecified atom stereocenters. The molecule has 1 fully saturated rings. The van der Waals surface area contributed by atoms with Crippen molar-refractivity contribution in [1.82, 2.24) is 24.6 Å². The highest BCUT2D eigenvalue weighted by atomic mass is 19.1. The SMILES string of the molecule is CN1CCC[C@@H](c2nnc3n2CCN(C(=O)Cc2ccccc2F)CC3)C1. The molecule has 3 heterocycles. The van der Waals surface area contributed by atoms with Crippen molar-refractivity contribution in [2.24, 2.45) is 0 Å². The number of benzene rings is 1. The lowest BCUT2D eigenvalue weighted by Gasteiger charge is -2.29. The molecule has 0 bridgehead atoms. The molecule has 2 aromatic rings. The fourth-order valence-corrected chi connectivity index (χ4v) is 4.19. The maximum Gasteiger partial charge on any atom is 0.227 e. The van der Waals surface area contributed by atoms with E-state index in [1.807, 2.05) is 4.90 Å². The Balaban J connectivity index is 1.44. The molecule has 1 aromatic carbocycles. The summed E-state index contributed by atoms with van der Waals surface area (Å²) in [6.45, 7) is 4.08. The maximum absolute atomic E-state index is 13.9. The summed E-state index contributed by atoms with van der Waals surface area (Å²) in [5.74, 6) is 2.07. The second-order valence-corrected chi connectivity index (χ2v) is 7.63.